The van der Waals surface area contributed by atoms with Crippen LogP contribution in [0.5, 0.6) is 0 Å². The highest BCUT2D eigenvalue weighted by molar-refractivity contribution is 5.84. The van der Waals surface area contributed by atoms with Gasteiger partial charge in [-0.25, -0.2) is 0 Å². The SMILES string of the molecule is CC(NC(=O)C(C)(C)C#N)C12CC3CC(CC(C3)C1)C2. The predicted octanol–water partition coefficient (Wildman–Crippen LogP) is 3.26. The molecular weight excluding hydrogens is 248 g/mol. The van der Waals surface area contributed by atoms with Crippen LogP contribution in [0.2, 0.25) is 0 Å². The molecule has 20 heavy (non-hydrogen) atoms. The summed E-state index contributed by atoms with van der Waals surface area (Å²) in [5.74, 6) is 2.57. The van der Waals surface area contributed by atoms with Crippen LogP contribution in [0.4, 0.5) is 0 Å². The largest absolute Gasteiger partial charge is 0.352 e. The lowest BCUT2D eigenvalue weighted by molar-refractivity contribution is -0.131. The molecule has 1 atom stereocenters. The predicted molar refractivity (Wildman–Crippen MR) is 77.6 cm³/mol. The summed E-state index contributed by atoms with van der Waals surface area (Å²) in [6.45, 7) is 5.57. The molecule has 0 radical (unpaired) electrons. The number of nitrogens with zero attached hydrogens (tertiary/aromatic N) is 1. The fraction of sp³-hybridized carbons (Fsp3) is 0.882. The van der Waals surface area contributed by atoms with Crippen molar-refractivity contribution in [1.82, 2.24) is 5.32 Å². The molecule has 0 spiro atoms. The Kier molecular flexibility index (Phi) is 3.12. The second kappa shape index (κ2) is 4.48. The average Bonchev–Trinajstić information content (AvgIpc) is 2.36. The zero-order valence-corrected chi connectivity index (χ0v) is 12.9. The number of hydrogen-bond acceptors (Lipinski definition) is 2. The second-order valence-corrected chi connectivity index (χ2v) is 8.21. The molecule has 3 heteroatoms. The lowest BCUT2D eigenvalue weighted by Crippen LogP contribution is -2.57. The Bertz CT molecular complexity index is 425. The van der Waals surface area contributed by atoms with Crippen molar-refractivity contribution in [2.75, 3.05) is 0 Å². The van der Waals surface area contributed by atoms with Crippen molar-refractivity contribution in [2.45, 2.75) is 65.3 Å². The first-order chi connectivity index (χ1) is 9.34. The van der Waals surface area contributed by atoms with Crippen LogP contribution in [0.15, 0.2) is 0 Å². The Morgan fingerprint density at radius 1 is 1.20 bits per heavy atom. The van der Waals surface area contributed by atoms with Gasteiger partial charge in [-0.15, -0.1) is 0 Å². The van der Waals surface area contributed by atoms with Gasteiger partial charge in [0.2, 0.25) is 5.91 Å². The summed E-state index contributed by atoms with van der Waals surface area (Å²) in [5, 5.41) is 12.3. The molecule has 4 rings (SSSR count). The van der Waals surface area contributed by atoms with E-state index in [9.17, 15) is 4.79 Å². The molecule has 3 nitrogen and oxygen atoms in total. The molecule has 0 aliphatic heterocycles. The third kappa shape index (κ3) is 2.14. The van der Waals surface area contributed by atoms with E-state index in [2.05, 4.69) is 18.3 Å². The molecule has 0 saturated heterocycles. The Morgan fingerprint density at radius 2 is 1.65 bits per heavy atom. The van der Waals surface area contributed by atoms with Gasteiger partial charge in [0.1, 0.15) is 5.41 Å². The molecule has 0 heterocycles. The number of amides is 1. The molecule has 4 bridgehead atoms. The Hall–Kier alpha value is -1.04. The van der Waals surface area contributed by atoms with Crippen LogP contribution in [-0.2, 0) is 4.79 Å². The fourth-order valence-corrected chi connectivity index (χ4v) is 5.29. The van der Waals surface area contributed by atoms with Gasteiger partial charge in [0.05, 0.1) is 6.07 Å². The molecule has 1 amide bonds. The minimum absolute atomic E-state index is 0.108. The van der Waals surface area contributed by atoms with E-state index in [1.807, 2.05) is 0 Å². The Morgan fingerprint density at radius 3 is 2.05 bits per heavy atom. The van der Waals surface area contributed by atoms with Crippen LogP contribution in [0.25, 0.3) is 0 Å². The van der Waals surface area contributed by atoms with E-state index in [1.165, 1.54) is 38.5 Å². The summed E-state index contributed by atoms with van der Waals surface area (Å²) < 4.78 is 0. The smallest absolute Gasteiger partial charge is 0.240 e. The highest BCUT2D eigenvalue weighted by Crippen LogP contribution is 2.61. The molecule has 0 aromatic heterocycles. The topological polar surface area (TPSA) is 52.9 Å². The lowest BCUT2D eigenvalue weighted by Gasteiger charge is -2.59. The number of nitriles is 1. The van der Waals surface area contributed by atoms with Gasteiger partial charge < -0.3 is 5.32 Å². The van der Waals surface area contributed by atoms with Crippen LogP contribution in [0.1, 0.15) is 59.3 Å². The molecular formula is C17H26N2O. The monoisotopic (exact) mass is 274 g/mol. The Labute approximate surface area is 122 Å². The van der Waals surface area contributed by atoms with Gasteiger partial charge in [0.15, 0.2) is 0 Å². The summed E-state index contributed by atoms with van der Waals surface area (Å²) in [7, 11) is 0. The number of carbonyl (C=O) groups excluding carboxylic acids is 1. The maximum Gasteiger partial charge on any atom is 0.240 e. The molecule has 4 saturated carbocycles. The second-order valence-electron chi connectivity index (χ2n) is 8.21. The molecule has 4 aliphatic carbocycles. The van der Waals surface area contributed by atoms with Gasteiger partial charge in [-0.1, -0.05) is 0 Å². The first-order valence-electron chi connectivity index (χ1n) is 8.07. The first kappa shape index (κ1) is 13.9. The summed E-state index contributed by atoms with van der Waals surface area (Å²) in [6, 6.07) is 2.31. The third-order valence-corrected chi connectivity index (χ3v) is 6.20. The van der Waals surface area contributed by atoms with E-state index in [1.54, 1.807) is 13.8 Å². The van der Waals surface area contributed by atoms with Crippen LogP contribution in [-0.4, -0.2) is 11.9 Å². The van der Waals surface area contributed by atoms with E-state index < -0.39 is 5.41 Å². The van der Waals surface area contributed by atoms with E-state index in [-0.39, 0.29) is 11.9 Å². The first-order valence-corrected chi connectivity index (χ1v) is 8.07. The lowest BCUT2D eigenvalue weighted by atomic mass is 9.48. The minimum Gasteiger partial charge on any atom is -0.352 e. The van der Waals surface area contributed by atoms with E-state index >= 15 is 0 Å². The molecule has 1 unspecified atom stereocenters. The highest BCUT2D eigenvalue weighted by Gasteiger charge is 2.53. The van der Waals surface area contributed by atoms with Gasteiger partial charge in [0, 0.05) is 6.04 Å². The molecule has 1 N–H and O–H groups in total. The maximum atomic E-state index is 12.3. The van der Waals surface area contributed by atoms with Gasteiger partial charge in [0.25, 0.3) is 0 Å². The van der Waals surface area contributed by atoms with Gasteiger partial charge in [-0.05, 0) is 82.5 Å². The standard InChI is InChI=1S/C17H26N2O/c1-11(19-15(20)16(2,3)10-18)17-7-12-4-13(8-17)6-14(5-12)9-17/h11-14H,4-9H2,1-3H3,(H,19,20). The third-order valence-electron chi connectivity index (χ3n) is 6.20. The molecule has 110 valence electrons. The molecule has 0 aromatic carbocycles. The van der Waals surface area contributed by atoms with Crippen molar-refractivity contribution in [2.24, 2.45) is 28.6 Å². The van der Waals surface area contributed by atoms with Crippen LogP contribution in [0, 0.1) is 39.9 Å². The summed E-state index contributed by atoms with van der Waals surface area (Å²) in [4.78, 5) is 12.3. The van der Waals surface area contributed by atoms with E-state index in [0.717, 1.165) is 17.8 Å². The fourth-order valence-electron chi connectivity index (χ4n) is 5.29. The highest BCUT2D eigenvalue weighted by atomic mass is 16.2. The van der Waals surface area contributed by atoms with Gasteiger partial charge >= 0.3 is 0 Å². The Balaban J connectivity index is 1.73. The van der Waals surface area contributed by atoms with E-state index in [4.69, 9.17) is 5.26 Å². The van der Waals surface area contributed by atoms with Crippen LogP contribution >= 0.6 is 0 Å². The molecule has 4 aliphatic rings. The van der Waals surface area contributed by atoms with Crippen LogP contribution < -0.4 is 5.32 Å². The number of carbonyl (C=O) groups is 1. The summed E-state index contributed by atoms with van der Waals surface area (Å²) in [6.07, 6.45) is 8.12. The average molecular weight is 274 g/mol. The van der Waals surface area contributed by atoms with Crippen molar-refractivity contribution >= 4 is 5.91 Å². The number of rotatable bonds is 3. The molecule has 4 fully saturated rings. The molecule has 0 aromatic rings. The minimum atomic E-state index is -0.920. The van der Waals surface area contributed by atoms with Crippen molar-refractivity contribution in [3.05, 3.63) is 0 Å². The van der Waals surface area contributed by atoms with E-state index in [0.29, 0.717) is 5.41 Å². The van der Waals surface area contributed by atoms with Crippen molar-refractivity contribution in [3.8, 4) is 6.07 Å². The van der Waals surface area contributed by atoms with Crippen molar-refractivity contribution in [1.29, 1.82) is 5.26 Å². The zero-order chi connectivity index (χ0) is 14.5. The van der Waals surface area contributed by atoms with Crippen LogP contribution in [0.3, 0.4) is 0 Å². The normalized spacial score (nSPS) is 40.2. The number of hydrogen-bond donors (Lipinski definition) is 1. The number of nitrogens with one attached hydrogen (secondary N) is 1. The van der Waals surface area contributed by atoms with Gasteiger partial charge in [-0.2, -0.15) is 5.26 Å². The zero-order valence-electron chi connectivity index (χ0n) is 12.9. The van der Waals surface area contributed by atoms with Gasteiger partial charge in [-0.3, -0.25) is 4.79 Å². The quantitative estimate of drug-likeness (QED) is 0.858. The summed E-state index contributed by atoms with van der Waals surface area (Å²) in [5.41, 5.74) is -0.605. The van der Waals surface area contributed by atoms with Crippen molar-refractivity contribution in [3.63, 3.8) is 0 Å². The maximum absolute atomic E-state index is 12.3. The van der Waals surface area contributed by atoms with Crippen molar-refractivity contribution < 1.29 is 4.79 Å². The summed E-state index contributed by atoms with van der Waals surface area (Å²) >= 11 is 0.